The van der Waals surface area contributed by atoms with Crippen LogP contribution < -0.4 is 4.74 Å². The molecule has 0 unspecified atom stereocenters. The van der Waals surface area contributed by atoms with Crippen molar-refractivity contribution in [1.82, 2.24) is 14.2 Å². The van der Waals surface area contributed by atoms with Crippen molar-refractivity contribution < 1.29 is 22.3 Å². The maximum atomic E-state index is 13.8. The van der Waals surface area contributed by atoms with Crippen molar-refractivity contribution in [2.75, 3.05) is 20.2 Å². The average molecular weight is 532 g/mol. The number of methoxy groups -OCH3 is 1. The van der Waals surface area contributed by atoms with E-state index in [0.29, 0.717) is 16.7 Å². The zero-order valence-electron chi connectivity index (χ0n) is 20.7. The third-order valence-corrected chi connectivity index (χ3v) is 8.38. The lowest BCUT2D eigenvalue weighted by molar-refractivity contribution is -0.133. The first-order valence-electron chi connectivity index (χ1n) is 12.1. The Morgan fingerprint density at radius 2 is 1.74 bits per heavy atom. The van der Waals surface area contributed by atoms with E-state index in [1.54, 1.807) is 60.7 Å². The molecule has 7 nitrogen and oxygen atoms in total. The molecule has 0 aliphatic carbocycles. The Morgan fingerprint density at radius 3 is 2.47 bits per heavy atom. The van der Waals surface area contributed by atoms with Gasteiger partial charge in [0.1, 0.15) is 16.5 Å². The van der Waals surface area contributed by atoms with Crippen molar-refractivity contribution in [3.05, 3.63) is 114 Å². The minimum atomic E-state index is -4.05. The number of nitrogens with zero attached hydrogens (tertiary/aromatic N) is 3. The van der Waals surface area contributed by atoms with Gasteiger partial charge in [0, 0.05) is 24.7 Å². The smallest absolute Gasteiger partial charge is 0.246 e. The van der Waals surface area contributed by atoms with Gasteiger partial charge >= 0.3 is 0 Å². The summed E-state index contributed by atoms with van der Waals surface area (Å²) in [5.74, 6) is -0.0717. The van der Waals surface area contributed by atoms with Crippen LogP contribution in [-0.4, -0.2) is 48.7 Å². The van der Waals surface area contributed by atoms with E-state index in [1.165, 1.54) is 18.2 Å². The standard InChI is InChI=1S/C29H26FN3O4S/c1-37-25-15-11-22(12-16-25)26-7-4-18-32(20-28(34)33(26)19-21-9-13-24(30)14-10-21)38(35,36)27-8-2-5-23-6-3-17-31-29(23)27/h2-17,26H,18-20H2,1H3/b7-4-/t26-/m1/s1. The van der Waals surface area contributed by atoms with Crippen molar-refractivity contribution in [2.24, 2.45) is 0 Å². The number of halogens is 1. The average Bonchev–Trinajstić information content (AvgIpc) is 2.93. The van der Waals surface area contributed by atoms with Crippen LogP contribution in [0.4, 0.5) is 4.39 Å². The van der Waals surface area contributed by atoms with Crippen molar-refractivity contribution >= 4 is 26.8 Å². The monoisotopic (exact) mass is 531 g/mol. The molecule has 0 fully saturated rings. The SMILES string of the molecule is COc1ccc([C@H]2/C=C\CN(S(=O)(=O)c3cccc4cccnc34)CC(=O)N2Cc2ccc(F)cc2)cc1. The summed E-state index contributed by atoms with van der Waals surface area (Å²) >= 11 is 0. The molecule has 0 saturated carbocycles. The predicted molar refractivity (Wildman–Crippen MR) is 142 cm³/mol. The second-order valence-corrected chi connectivity index (χ2v) is 10.8. The van der Waals surface area contributed by atoms with Crippen LogP contribution in [0.15, 0.2) is 102 Å². The van der Waals surface area contributed by atoms with E-state index in [9.17, 15) is 17.6 Å². The molecule has 9 heteroatoms. The number of sulfonamides is 1. The van der Waals surface area contributed by atoms with E-state index in [-0.39, 0.29) is 36.3 Å². The van der Waals surface area contributed by atoms with Crippen LogP contribution in [0, 0.1) is 5.82 Å². The summed E-state index contributed by atoms with van der Waals surface area (Å²) in [5.41, 5.74) is 1.92. The summed E-state index contributed by atoms with van der Waals surface area (Å²) in [4.78, 5) is 19.7. The summed E-state index contributed by atoms with van der Waals surface area (Å²) in [6.45, 7) is -0.165. The fourth-order valence-electron chi connectivity index (χ4n) is 4.54. The lowest BCUT2D eigenvalue weighted by Gasteiger charge is -2.34. The molecule has 5 rings (SSSR count). The molecule has 0 radical (unpaired) electrons. The van der Waals surface area contributed by atoms with Crippen LogP contribution in [-0.2, 0) is 21.4 Å². The van der Waals surface area contributed by atoms with Gasteiger partial charge in [-0.15, -0.1) is 0 Å². The zero-order valence-corrected chi connectivity index (χ0v) is 21.5. The van der Waals surface area contributed by atoms with Crippen molar-refractivity contribution in [1.29, 1.82) is 0 Å². The number of fused-ring (bicyclic) bond motifs is 1. The number of aromatic nitrogens is 1. The first-order chi connectivity index (χ1) is 18.4. The van der Waals surface area contributed by atoms with Crippen molar-refractivity contribution in [2.45, 2.75) is 17.5 Å². The number of amides is 1. The van der Waals surface area contributed by atoms with Crippen LogP contribution >= 0.6 is 0 Å². The van der Waals surface area contributed by atoms with Crippen LogP contribution in [0.3, 0.4) is 0 Å². The Bertz CT molecular complexity index is 1580. The first kappa shape index (κ1) is 25.6. The molecule has 1 atom stereocenters. The van der Waals surface area contributed by atoms with E-state index < -0.39 is 16.1 Å². The van der Waals surface area contributed by atoms with Gasteiger partial charge in [0.15, 0.2) is 0 Å². The summed E-state index contributed by atoms with van der Waals surface area (Å²) in [7, 11) is -2.47. The van der Waals surface area contributed by atoms with Crippen LogP contribution in [0.5, 0.6) is 5.75 Å². The van der Waals surface area contributed by atoms with Crippen LogP contribution in [0.25, 0.3) is 10.9 Å². The van der Waals surface area contributed by atoms with E-state index in [2.05, 4.69) is 4.98 Å². The predicted octanol–water partition coefficient (Wildman–Crippen LogP) is 4.71. The molecule has 38 heavy (non-hydrogen) atoms. The third kappa shape index (κ3) is 5.16. The van der Waals surface area contributed by atoms with E-state index in [4.69, 9.17) is 4.74 Å². The Morgan fingerprint density at radius 1 is 1.00 bits per heavy atom. The minimum Gasteiger partial charge on any atom is -0.497 e. The fourth-order valence-corrected chi connectivity index (χ4v) is 6.05. The van der Waals surface area contributed by atoms with Crippen LogP contribution in [0.1, 0.15) is 17.2 Å². The number of para-hydroxylation sites is 1. The highest BCUT2D eigenvalue weighted by Gasteiger charge is 2.33. The third-order valence-electron chi connectivity index (χ3n) is 6.53. The molecular weight excluding hydrogens is 505 g/mol. The second kappa shape index (κ2) is 10.7. The Labute approximate surface area is 220 Å². The van der Waals surface area contributed by atoms with E-state index in [0.717, 1.165) is 15.4 Å². The number of hydrogen-bond acceptors (Lipinski definition) is 5. The van der Waals surface area contributed by atoms with Gasteiger partial charge in [-0.25, -0.2) is 12.8 Å². The summed E-state index contributed by atoms with van der Waals surface area (Å²) < 4.78 is 47.5. The van der Waals surface area contributed by atoms with Gasteiger partial charge in [0.25, 0.3) is 0 Å². The number of benzene rings is 3. The minimum absolute atomic E-state index is 0.0222. The number of hydrogen-bond donors (Lipinski definition) is 0. The second-order valence-electron chi connectivity index (χ2n) is 8.92. The fraction of sp³-hybridized carbons (Fsp3) is 0.172. The highest BCUT2D eigenvalue weighted by molar-refractivity contribution is 7.89. The van der Waals surface area contributed by atoms with Crippen molar-refractivity contribution in [3.8, 4) is 5.75 Å². The molecule has 0 N–H and O–H groups in total. The highest BCUT2D eigenvalue weighted by Crippen LogP contribution is 2.30. The van der Waals surface area contributed by atoms with Gasteiger partial charge in [-0.1, -0.05) is 54.6 Å². The Kier molecular flexibility index (Phi) is 7.22. The summed E-state index contributed by atoms with van der Waals surface area (Å²) in [6.07, 6.45) is 5.13. The topological polar surface area (TPSA) is 79.8 Å². The molecule has 1 aliphatic heterocycles. The van der Waals surface area contributed by atoms with Crippen molar-refractivity contribution in [3.63, 3.8) is 0 Å². The number of rotatable bonds is 6. The molecule has 4 aromatic rings. The molecule has 3 aromatic carbocycles. The van der Waals surface area contributed by atoms with Gasteiger partial charge in [-0.3, -0.25) is 9.78 Å². The van der Waals surface area contributed by atoms with Gasteiger partial charge in [-0.2, -0.15) is 4.31 Å². The Hall–Kier alpha value is -4.08. The maximum absolute atomic E-state index is 13.8. The maximum Gasteiger partial charge on any atom is 0.246 e. The summed E-state index contributed by atoms with van der Waals surface area (Å²) in [6, 6.07) is 21.3. The van der Waals surface area contributed by atoms with E-state index in [1.807, 2.05) is 30.3 Å². The lowest BCUT2D eigenvalue weighted by atomic mass is 10.0. The molecule has 1 aliphatic rings. The molecule has 0 bridgehead atoms. The Balaban J connectivity index is 1.53. The molecule has 0 saturated heterocycles. The number of carbonyl (C=O) groups is 1. The number of ether oxygens (including phenoxy) is 1. The molecular formula is C29H26FN3O4S. The quantitative estimate of drug-likeness (QED) is 0.337. The summed E-state index contributed by atoms with van der Waals surface area (Å²) in [5, 5.41) is 0.694. The number of carbonyl (C=O) groups excluding carboxylic acids is 1. The van der Waals surface area contributed by atoms with Gasteiger partial charge < -0.3 is 9.64 Å². The van der Waals surface area contributed by atoms with Gasteiger partial charge in [0.2, 0.25) is 15.9 Å². The molecule has 0 spiro atoms. The highest BCUT2D eigenvalue weighted by atomic mass is 32.2. The molecule has 1 amide bonds. The first-order valence-corrected chi connectivity index (χ1v) is 13.5. The number of pyridine rings is 1. The largest absolute Gasteiger partial charge is 0.497 e. The molecule has 2 heterocycles. The van der Waals surface area contributed by atoms with Gasteiger partial charge in [0.05, 0.1) is 25.2 Å². The normalized spacial score (nSPS) is 17.7. The van der Waals surface area contributed by atoms with Gasteiger partial charge in [-0.05, 0) is 47.5 Å². The zero-order chi connectivity index (χ0) is 26.7. The lowest BCUT2D eigenvalue weighted by Crippen LogP contribution is -2.45. The van der Waals surface area contributed by atoms with E-state index >= 15 is 0 Å². The van der Waals surface area contributed by atoms with Crippen LogP contribution in [0.2, 0.25) is 0 Å². The molecule has 1 aromatic heterocycles. The molecule has 194 valence electrons.